The summed E-state index contributed by atoms with van der Waals surface area (Å²) >= 11 is 0. The minimum atomic E-state index is 0. The largest absolute Gasteiger partial charge is 0.497 e. The van der Waals surface area contributed by atoms with E-state index in [2.05, 4.69) is 36.0 Å². The molecule has 0 amide bonds. The average molecular weight is 446 g/mol. The van der Waals surface area contributed by atoms with Crippen molar-refractivity contribution in [3.8, 4) is 5.75 Å². The second-order valence-electron chi connectivity index (χ2n) is 7.06. The maximum atomic E-state index is 6.04. The fourth-order valence-electron chi connectivity index (χ4n) is 3.01. The third-order valence-electron chi connectivity index (χ3n) is 4.49. The molecule has 6 heteroatoms. The highest BCUT2D eigenvalue weighted by Gasteiger charge is 2.29. The first-order chi connectivity index (χ1) is 10.9. The van der Waals surface area contributed by atoms with Crippen molar-refractivity contribution in [2.75, 3.05) is 32.1 Å². The van der Waals surface area contributed by atoms with Gasteiger partial charge in [-0.3, -0.25) is 9.89 Å². The van der Waals surface area contributed by atoms with E-state index in [9.17, 15) is 0 Å². The number of anilines is 1. The fraction of sp³-hybridized carbons (Fsp3) is 0.611. The predicted octanol–water partition coefficient (Wildman–Crippen LogP) is 3.55. The number of piperidine rings is 1. The van der Waals surface area contributed by atoms with E-state index >= 15 is 0 Å². The summed E-state index contributed by atoms with van der Waals surface area (Å²) in [5, 5.41) is 3.13. The zero-order chi connectivity index (χ0) is 16.9. The molecule has 1 fully saturated rings. The number of nitrogens with zero attached hydrogens (tertiary/aromatic N) is 2. The third kappa shape index (κ3) is 6.12. The Kier molecular flexibility index (Phi) is 8.29. The van der Waals surface area contributed by atoms with Crippen LogP contribution in [0.15, 0.2) is 29.3 Å². The van der Waals surface area contributed by atoms with Crippen LogP contribution in [0.25, 0.3) is 0 Å². The SMILES string of the molecule is COc1cccc(NC(N)=NCC(C)(C)N2CCCC(C)C2)c1.I. The molecule has 1 aliphatic rings. The van der Waals surface area contributed by atoms with E-state index in [1.165, 1.54) is 12.8 Å². The number of methoxy groups -OCH3 is 1. The van der Waals surface area contributed by atoms with Gasteiger partial charge in [0, 0.05) is 23.8 Å². The standard InChI is InChI=1S/C18H30N4O.HI/c1-14-7-6-10-22(12-14)18(2,3)13-20-17(19)21-15-8-5-9-16(11-15)23-4;/h5,8-9,11,14H,6-7,10,12-13H2,1-4H3,(H3,19,20,21);1H. The Morgan fingerprint density at radius 3 is 2.88 bits per heavy atom. The molecule has 1 aromatic rings. The zero-order valence-corrected chi connectivity index (χ0v) is 17.5. The number of ether oxygens (including phenoxy) is 1. The first kappa shape index (κ1) is 21.0. The predicted molar refractivity (Wildman–Crippen MR) is 113 cm³/mol. The summed E-state index contributed by atoms with van der Waals surface area (Å²) in [5.74, 6) is 2.00. The fourth-order valence-corrected chi connectivity index (χ4v) is 3.01. The molecule has 3 N–H and O–H groups in total. The molecule has 136 valence electrons. The van der Waals surface area contributed by atoms with Gasteiger partial charge in [-0.15, -0.1) is 24.0 Å². The van der Waals surface area contributed by atoms with Crippen molar-refractivity contribution >= 4 is 35.6 Å². The molecule has 1 aliphatic heterocycles. The highest BCUT2D eigenvalue weighted by molar-refractivity contribution is 14.0. The number of hydrogen-bond donors (Lipinski definition) is 2. The van der Waals surface area contributed by atoms with Crippen molar-refractivity contribution in [2.24, 2.45) is 16.6 Å². The Morgan fingerprint density at radius 2 is 2.21 bits per heavy atom. The molecule has 1 saturated heterocycles. The maximum Gasteiger partial charge on any atom is 0.193 e. The van der Waals surface area contributed by atoms with Gasteiger partial charge >= 0.3 is 0 Å². The van der Waals surface area contributed by atoms with E-state index in [1.54, 1.807) is 7.11 Å². The topological polar surface area (TPSA) is 62.9 Å². The Morgan fingerprint density at radius 1 is 1.46 bits per heavy atom. The van der Waals surface area contributed by atoms with Gasteiger partial charge in [0.05, 0.1) is 13.7 Å². The summed E-state index contributed by atoms with van der Waals surface area (Å²) in [7, 11) is 1.65. The van der Waals surface area contributed by atoms with Crippen LogP contribution in [0.2, 0.25) is 0 Å². The normalized spacial score (nSPS) is 19.5. The molecular weight excluding hydrogens is 415 g/mol. The Labute approximate surface area is 163 Å². The second-order valence-corrected chi connectivity index (χ2v) is 7.06. The van der Waals surface area contributed by atoms with Gasteiger partial charge in [-0.25, -0.2) is 0 Å². The van der Waals surface area contributed by atoms with Gasteiger partial charge in [0.15, 0.2) is 5.96 Å². The highest BCUT2D eigenvalue weighted by Crippen LogP contribution is 2.24. The number of halogens is 1. The van der Waals surface area contributed by atoms with Gasteiger partial charge in [-0.05, 0) is 51.3 Å². The molecule has 0 aromatic heterocycles. The molecule has 1 aromatic carbocycles. The molecule has 5 nitrogen and oxygen atoms in total. The van der Waals surface area contributed by atoms with Crippen LogP contribution in [-0.4, -0.2) is 43.1 Å². The van der Waals surface area contributed by atoms with Gasteiger partial charge in [-0.2, -0.15) is 0 Å². The Bertz CT molecular complexity index is 548. The third-order valence-corrected chi connectivity index (χ3v) is 4.49. The molecule has 0 saturated carbocycles. The highest BCUT2D eigenvalue weighted by atomic mass is 127. The molecule has 1 heterocycles. The van der Waals surface area contributed by atoms with E-state index in [0.717, 1.165) is 30.4 Å². The van der Waals surface area contributed by atoms with Crippen molar-refractivity contribution in [1.82, 2.24) is 4.90 Å². The van der Waals surface area contributed by atoms with E-state index in [0.29, 0.717) is 12.5 Å². The van der Waals surface area contributed by atoms with Crippen molar-refractivity contribution < 1.29 is 4.74 Å². The van der Waals surface area contributed by atoms with Crippen LogP contribution in [0.4, 0.5) is 5.69 Å². The molecule has 1 atom stereocenters. The molecular formula is C18H31IN4O. The van der Waals surface area contributed by atoms with Gasteiger partial charge in [0.2, 0.25) is 0 Å². The Hall–Kier alpha value is -1.02. The molecule has 0 aliphatic carbocycles. The number of aliphatic imine (C=N–C) groups is 1. The summed E-state index contributed by atoms with van der Waals surface area (Å²) in [6.45, 7) is 9.79. The maximum absolute atomic E-state index is 6.04. The molecule has 1 unspecified atom stereocenters. The molecule has 0 bridgehead atoms. The number of benzene rings is 1. The van der Waals surface area contributed by atoms with Gasteiger partial charge in [0.25, 0.3) is 0 Å². The summed E-state index contributed by atoms with van der Waals surface area (Å²) in [6, 6.07) is 7.68. The number of guanidine groups is 1. The average Bonchev–Trinajstić information content (AvgIpc) is 2.53. The van der Waals surface area contributed by atoms with Crippen LogP contribution in [0.5, 0.6) is 5.75 Å². The van der Waals surface area contributed by atoms with Crippen molar-refractivity contribution in [3.63, 3.8) is 0 Å². The lowest BCUT2D eigenvalue weighted by Gasteiger charge is -2.42. The number of nitrogens with two attached hydrogens (primary N) is 1. The molecule has 24 heavy (non-hydrogen) atoms. The minimum Gasteiger partial charge on any atom is -0.497 e. The van der Waals surface area contributed by atoms with E-state index in [4.69, 9.17) is 10.5 Å². The lowest BCUT2D eigenvalue weighted by Crippen LogP contribution is -2.51. The van der Waals surface area contributed by atoms with Gasteiger partial charge in [0.1, 0.15) is 5.75 Å². The molecule has 0 radical (unpaired) electrons. The smallest absolute Gasteiger partial charge is 0.193 e. The number of nitrogens with one attached hydrogen (secondary N) is 1. The number of likely N-dealkylation sites (tertiary alicyclic amines) is 1. The van der Waals surface area contributed by atoms with Crippen LogP contribution in [-0.2, 0) is 0 Å². The van der Waals surface area contributed by atoms with Crippen molar-refractivity contribution in [2.45, 2.75) is 39.2 Å². The van der Waals surface area contributed by atoms with Crippen LogP contribution in [0.3, 0.4) is 0 Å². The van der Waals surface area contributed by atoms with E-state index in [1.807, 2.05) is 24.3 Å². The van der Waals surface area contributed by atoms with Crippen molar-refractivity contribution in [1.29, 1.82) is 0 Å². The summed E-state index contributed by atoms with van der Waals surface area (Å²) in [4.78, 5) is 7.08. The lowest BCUT2D eigenvalue weighted by atomic mass is 9.94. The summed E-state index contributed by atoms with van der Waals surface area (Å²) < 4.78 is 5.21. The number of rotatable bonds is 5. The number of hydrogen-bond acceptors (Lipinski definition) is 3. The minimum absolute atomic E-state index is 0. The Balaban J connectivity index is 0.00000288. The quantitative estimate of drug-likeness (QED) is 0.413. The van der Waals surface area contributed by atoms with Crippen LogP contribution in [0.1, 0.15) is 33.6 Å². The van der Waals surface area contributed by atoms with Crippen molar-refractivity contribution in [3.05, 3.63) is 24.3 Å². The first-order valence-corrected chi connectivity index (χ1v) is 8.37. The summed E-state index contributed by atoms with van der Waals surface area (Å²) in [6.07, 6.45) is 2.60. The van der Waals surface area contributed by atoms with Crippen LogP contribution < -0.4 is 15.8 Å². The molecule has 0 spiro atoms. The van der Waals surface area contributed by atoms with Crippen LogP contribution >= 0.6 is 24.0 Å². The summed E-state index contributed by atoms with van der Waals surface area (Å²) in [5.41, 5.74) is 6.95. The second kappa shape index (κ2) is 9.46. The van der Waals surface area contributed by atoms with Gasteiger partial charge in [-0.1, -0.05) is 13.0 Å². The first-order valence-electron chi connectivity index (χ1n) is 8.37. The van der Waals surface area contributed by atoms with Gasteiger partial charge < -0.3 is 15.8 Å². The molecule has 2 rings (SSSR count). The van der Waals surface area contributed by atoms with E-state index < -0.39 is 0 Å². The van der Waals surface area contributed by atoms with Crippen LogP contribution in [0, 0.1) is 5.92 Å². The lowest BCUT2D eigenvalue weighted by molar-refractivity contribution is 0.0775. The van der Waals surface area contributed by atoms with E-state index in [-0.39, 0.29) is 29.5 Å². The monoisotopic (exact) mass is 446 g/mol. The zero-order valence-electron chi connectivity index (χ0n) is 15.2.